The molecule has 0 radical (unpaired) electrons. The molecule has 0 bridgehead atoms. The first kappa shape index (κ1) is 20.8. The maximum Gasteiger partial charge on any atom is 0.277 e. The first-order valence-corrected chi connectivity index (χ1v) is 11.2. The summed E-state index contributed by atoms with van der Waals surface area (Å²) in [4.78, 5) is 20.6. The highest BCUT2D eigenvalue weighted by atomic mass is 32.2. The molecule has 0 unspecified atom stereocenters. The number of furan rings is 1. The van der Waals surface area contributed by atoms with Gasteiger partial charge in [0.25, 0.3) is 11.1 Å². The van der Waals surface area contributed by atoms with Gasteiger partial charge >= 0.3 is 0 Å². The number of hydrogen-bond acceptors (Lipinski definition) is 10. The summed E-state index contributed by atoms with van der Waals surface area (Å²) in [6, 6.07) is 15.0. The van der Waals surface area contributed by atoms with Crippen LogP contribution < -0.4 is 4.90 Å². The number of anilines is 1. The molecule has 1 aliphatic rings. The van der Waals surface area contributed by atoms with Crippen LogP contribution in [0.1, 0.15) is 5.69 Å². The fourth-order valence-electron chi connectivity index (χ4n) is 3.44. The van der Waals surface area contributed by atoms with Crippen molar-refractivity contribution in [1.82, 2.24) is 20.1 Å². The van der Waals surface area contributed by atoms with Gasteiger partial charge in [0, 0.05) is 31.7 Å². The zero-order valence-corrected chi connectivity index (χ0v) is 18.2. The van der Waals surface area contributed by atoms with Crippen molar-refractivity contribution < 1.29 is 18.0 Å². The fraction of sp³-hybridized carbons (Fsp3) is 0.227. The van der Waals surface area contributed by atoms with Crippen LogP contribution in [-0.4, -0.2) is 57.9 Å². The molecule has 1 fully saturated rings. The van der Waals surface area contributed by atoms with E-state index in [4.69, 9.17) is 13.3 Å². The zero-order valence-electron chi connectivity index (χ0n) is 17.4. The predicted molar refractivity (Wildman–Crippen MR) is 118 cm³/mol. The van der Waals surface area contributed by atoms with Crippen molar-refractivity contribution in [3.8, 4) is 29.2 Å². The zero-order chi connectivity index (χ0) is 22.6. The van der Waals surface area contributed by atoms with Gasteiger partial charge in [-0.05, 0) is 24.3 Å². The average Bonchev–Trinajstić information content (AvgIpc) is 3.63. The third-order valence-corrected chi connectivity index (χ3v) is 5.92. The van der Waals surface area contributed by atoms with Crippen LogP contribution in [0.25, 0.3) is 23.1 Å². The Hall–Kier alpha value is -4.04. The second kappa shape index (κ2) is 9.22. The van der Waals surface area contributed by atoms with Crippen molar-refractivity contribution in [2.75, 3.05) is 36.8 Å². The third kappa shape index (κ3) is 4.47. The molecule has 1 amide bonds. The first-order valence-electron chi connectivity index (χ1n) is 10.2. The van der Waals surface area contributed by atoms with Crippen molar-refractivity contribution in [2.45, 2.75) is 5.22 Å². The lowest BCUT2D eigenvalue weighted by Crippen LogP contribution is -2.49. The van der Waals surface area contributed by atoms with Crippen LogP contribution in [0, 0.1) is 11.3 Å². The van der Waals surface area contributed by atoms with E-state index in [1.54, 1.807) is 17.0 Å². The Bertz CT molecular complexity index is 1270. The van der Waals surface area contributed by atoms with Gasteiger partial charge in [0.1, 0.15) is 6.07 Å². The average molecular weight is 462 g/mol. The highest BCUT2D eigenvalue weighted by molar-refractivity contribution is 7.99. The quantitative estimate of drug-likeness (QED) is 0.394. The number of amides is 1. The molecule has 0 saturated carbocycles. The van der Waals surface area contributed by atoms with Crippen molar-refractivity contribution >= 4 is 23.6 Å². The van der Waals surface area contributed by atoms with Crippen LogP contribution >= 0.6 is 11.8 Å². The summed E-state index contributed by atoms with van der Waals surface area (Å²) in [5.41, 5.74) is 1.03. The number of benzene rings is 1. The predicted octanol–water partition coefficient (Wildman–Crippen LogP) is 3.30. The topological polar surface area (TPSA) is 125 Å². The minimum absolute atomic E-state index is 0.0199. The largest absolute Gasteiger partial charge is 0.459 e. The maximum absolute atomic E-state index is 12.7. The molecule has 3 aromatic heterocycles. The van der Waals surface area contributed by atoms with Crippen LogP contribution in [0.5, 0.6) is 0 Å². The van der Waals surface area contributed by atoms with Crippen molar-refractivity contribution in [2.24, 2.45) is 0 Å². The fourth-order valence-corrected chi connectivity index (χ4v) is 4.11. The van der Waals surface area contributed by atoms with E-state index in [1.807, 2.05) is 35.2 Å². The van der Waals surface area contributed by atoms with Crippen LogP contribution in [0.4, 0.5) is 5.88 Å². The number of thioether (sulfide) groups is 1. The van der Waals surface area contributed by atoms with E-state index in [-0.39, 0.29) is 23.2 Å². The van der Waals surface area contributed by atoms with E-state index < -0.39 is 0 Å². The van der Waals surface area contributed by atoms with Gasteiger partial charge in [0.15, 0.2) is 5.76 Å². The Kier molecular flexibility index (Phi) is 5.82. The molecule has 10 nitrogen and oxygen atoms in total. The molecule has 0 atom stereocenters. The number of rotatable bonds is 6. The van der Waals surface area contributed by atoms with E-state index in [9.17, 15) is 10.1 Å². The second-order valence-corrected chi connectivity index (χ2v) is 8.08. The molecule has 0 aliphatic carbocycles. The molecule has 5 rings (SSSR count). The molecule has 1 aromatic carbocycles. The molecule has 0 N–H and O–H groups in total. The van der Waals surface area contributed by atoms with Gasteiger partial charge in [-0.15, -0.1) is 10.2 Å². The summed E-state index contributed by atoms with van der Waals surface area (Å²) in [5, 5.41) is 17.8. The molecule has 33 heavy (non-hydrogen) atoms. The molecule has 1 saturated heterocycles. The number of nitrogens with zero attached hydrogens (tertiary/aromatic N) is 6. The number of piperazine rings is 1. The van der Waals surface area contributed by atoms with E-state index in [1.165, 1.54) is 18.0 Å². The Labute approximate surface area is 192 Å². The van der Waals surface area contributed by atoms with E-state index in [0.29, 0.717) is 48.9 Å². The van der Waals surface area contributed by atoms with Crippen molar-refractivity contribution in [1.29, 1.82) is 5.26 Å². The van der Waals surface area contributed by atoms with Gasteiger partial charge in [-0.25, -0.2) is 0 Å². The number of carbonyl (C=O) groups is 1. The third-order valence-electron chi connectivity index (χ3n) is 5.11. The van der Waals surface area contributed by atoms with Gasteiger partial charge in [0.2, 0.25) is 23.4 Å². The highest BCUT2D eigenvalue weighted by Gasteiger charge is 2.27. The lowest BCUT2D eigenvalue weighted by molar-refractivity contribution is -0.128. The van der Waals surface area contributed by atoms with Crippen molar-refractivity contribution in [3.63, 3.8) is 0 Å². The standard InChI is InChI=1S/C22H18N6O4S/c23-13-16-21(31-20(24-16)17-7-4-12-30-17)28-10-8-27(9-11-28)18(29)14-33-22-26-25-19(32-22)15-5-2-1-3-6-15/h1-7,12H,8-11,14H2. The lowest BCUT2D eigenvalue weighted by Gasteiger charge is -2.34. The minimum atomic E-state index is -0.0199. The van der Waals surface area contributed by atoms with Crippen molar-refractivity contribution in [3.05, 3.63) is 54.4 Å². The second-order valence-electron chi connectivity index (χ2n) is 7.16. The van der Waals surface area contributed by atoms with E-state index in [0.717, 1.165) is 5.56 Å². The molecular formula is C22H18N6O4S. The molecule has 11 heteroatoms. The van der Waals surface area contributed by atoms with Gasteiger partial charge < -0.3 is 23.1 Å². The monoisotopic (exact) mass is 462 g/mol. The molecule has 166 valence electrons. The summed E-state index contributed by atoms with van der Waals surface area (Å²) in [7, 11) is 0. The molecule has 4 aromatic rings. The minimum Gasteiger partial charge on any atom is -0.459 e. The number of carbonyl (C=O) groups excluding carboxylic acids is 1. The lowest BCUT2D eigenvalue weighted by atomic mass is 10.2. The van der Waals surface area contributed by atoms with Gasteiger partial charge in [0.05, 0.1) is 12.0 Å². The SMILES string of the molecule is N#Cc1nc(-c2ccco2)oc1N1CCN(C(=O)CSc2nnc(-c3ccccc3)o2)CC1. The summed E-state index contributed by atoms with van der Waals surface area (Å²) < 4.78 is 16.7. The molecule has 1 aliphatic heterocycles. The molecule has 4 heterocycles. The van der Waals surface area contributed by atoms with E-state index in [2.05, 4.69) is 21.3 Å². The van der Waals surface area contributed by atoms with Crippen LogP contribution in [-0.2, 0) is 4.79 Å². The Morgan fingerprint density at radius 1 is 1.03 bits per heavy atom. The summed E-state index contributed by atoms with van der Waals surface area (Å²) >= 11 is 1.22. The Morgan fingerprint density at radius 3 is 2.58 bits per heavy atom. The van der Waals surface area contributed by atoms with Crippen LogP contribution in [0.2, 0.25) is 0 Å². The summed E-state index contributed by atoms with van der Waals surface area (Å²) in [5.74, 6) is 1.72. The first-order chi connectivity index (χ1) is 16.2. The maximum atomic E-state index is 12.7. The molecule has 0 spiro atoms. The highest BCUT2D eigenvalue weighted by Crippen LogP contribution is 2.29. The van der Waals surface area contributed by atoms with E-state index >= 15 is 0 Å². The number of nitriles is 1. The normalized spacial score (nSPS) is 13.8. The van der Waals surface area contributed by atoms with Gasteiger partial charge in [-0.1, -0.05) is 30.0 Å². The molecular weight excluding hydrogens is 444 g/mol. The number of aromatic nitrogens is 3. The number of oxazole rings is 1. The van der Waals surface area contributed by atoms with Crippen LogP contribution in [0.3, 0.4) is 0 Å². The Balaban J connectivity index is 1.16. The summed E-state index contributed by atoms with van der Waals surface area (Å²) in [6.45, 7) is 2.05. The number of hydrogen-bond donors (Lipinski definition) is 0. The Morgan fingerprint density at radius 2 is 1.85 bits per heavy atom. The summed E-state index contributed by atoms with van der Waals surface area (Å²) in [6.07, 6.45) is 1.52. The van der Waals surface area contributed by atoms with Crippen LogP contribution in [0.15, 0.2) is 67.2 Å². The van der Waals surface area contributed by atoms with Gasteiger partial charge in [-0.2, -0.15) is 10.2 Å². The van der Waals surface area contributed by atoms with Gasteiger partial charge in [-0.3, -0.25) is 4.79 Å². The smallest absolute Gasteiger partial charge is 0.277 e.